The van der Waals surface area contributed by atoms with Crippen molar-refractivity contribution in [3.8, 4) is 0 Å². The van der Waals surface area contributed by atoms with E-state index in [1.807, 2.05) is 30.3 Å². The fraction of sp³-hybridized carbons (Fsp3) is 0.375. The van der Waals surface area contributed by atoms with Crippen molar-refractivity contribution in [1.29, 1.82) is 0 Å². The van der Waals surface area contributed by atoms with Gasteiger partial charge in [-0.2, -0.15) is 0 Å². The molecule has 0 aliphatic rings. The summed E-state index contributed by atoms with van der Waals surface area (Å²) in [7, 11) is 0. The number of halogens is 1. The van der Waals surface area contributed by atoms with E-state index in [-0.39, 0.29) is 6.04 Å². The van der Waals surface area contributed by atoms with E-state index in [2.05, 4.69) is 23.7 Å². The van der Waals surface area contributed by atoms with Crippen molar-refractivity contribution in [2.24, 2.45) is 0 Å². The van der Waals surface area contributed by atoms with Crippen molar-refractivity contribution in [3.63, 3.8) is 0 Å². The number of benzene rings is 1. The summed E-state index contributed by atoms with van der Waals surface area (Å²) in [5, 5.41) is 16.0. The van der Waals surface area contributed by atoms with Crippen LogP contribution in [0, 0.1) is 0 Å². The zero-order valence-corrected chi connectivity index (χ0v) is 13.5. The molecular weight excluding hydrogens is 306 g/mol. The zero-order chi connectivity index (χ0) is 15.1. The van der Waals surface area contributed by atoms with E-state index in [1.54, 1.807) is 11.3 Å². The fourth-order valence-corrected chi connectivity index (χ4v) is 2.79. The van der Waals surface area contributed by atoms with Crippen molar-refractivity contribution in [3.05, 3.63) is 57.2 Å². The van der Waals surface area contributed by atoms with Gasteiger partial charge >= 0.3 is 0 Å². The highest BCUT2D eigenvalue weighted by atomic mass is 35.5. The van der Waals surface area contributed by atoms with Gasteiger partial charge in [-0.05, 0) is 36.1 Å². The third-order valence-corrected chi connectivity index (χ3v) is 4.43. The van der Waals surface area contributed by atoms with Gasteiger partial charge in [0.2, 0.25) is 0 Å². The summed E-state index contributed by atoms with van der Waals surface area (Å²) in [5.74, 6) is 0. The Balaban J connectivity index is 1.63. The van der Waals surface area contributed by atoms with E-state index in [4.69, 9.17) is 16.3 Å². The minimum atomic E-state index is -0.514. The summed E-state index contributed by atoms with van der Waals surface area (Å²) in [4.78, 5) is 1.27. The number of nitrogens with one attached hydrogen (secondary N) is 1. The number of aliphatic hydroxyl groups excluding tert-OH is 1. The molecule has 0 fully saturated rings. The number of hydrogen-bond acceptors (Lipinski definition) is 4. The van der Waals surface area contributed by atoms with Crippen molar-refractivity contribution >= 4 is 22.9 Å². The van der Waals surface area contributed by atoms with E-state index >= 15 is 0 Å². The van der Waals surface area contributed by atoms with Crippen molar-refractivity contribution in [1.82, 2.24) is 5.32 Å². The van der Waals surface area contributed by atoms with Crippen LogP contribution in [-0.4, -0.2) is 24.4 Å². The molecule has 5 heteroatoms. The number of ether oxygens (including phenoxy) is 1. The van der Waals surface area contributed by atoms with Gasteiger partial charge in [-0.15, -0.1) is 11.3 Å². The molecule has 0 saturated carbocycles. The Morgan fingerprint density at radius 2 is 2.05 bits per heavy atom. The second-order valence-corrected chi connectivity index (χ2v) is 6.36. The molecule has 2 atom stereocenters. The Morgan fingerprint density at radius 3 is 2.71 bits per heavy atom. The van der Waals surface area contributed by atoms with E-state index < -0.39 is 6.10 Å². The first-order valence-corrected chi connectivity index (χ1v) is 8.18. The van der Waals surface area contributed by atoms with E-state index in [1.165, 1.54) is 4.88 Å². The molecule has 0 radical (unpaired) electrons. The molecule has 0 aliphatic carbocycles. The molecule has 2 aromatic rings. The summed E-state index contributed by atoms with van der Waals surface area (Å²) in [6, 6.07) is 11.9. The molecule has 1 heterocycles. The van der Waals surface area contributed by atoms with Gasteiger partial charge in [0, 0.05) is 22.5 Å². The molecular formula is C16H20ClNO2S. The smallest absolute Gasteiger partial charge is 0.0898 e. The molecule has 3 nitrogen and oxygen atoms in total. The van der Waals surface area contributed by atoms with Crippen LogP contribution in [0.1, 0.15) is 23.4 Å². The maximum atomic E-state index is 9.91. The molecule has 0 saturated heterocycles. The van der Waals surface area contributed by atoms with Crippen LogP contribution in [0.2, 0.25) is 5.02 Å². The highest BCUT2D eigenvalue weighted by Gasteiger charge is 2.09. The van der Waals surface area contributed by atoms with Gasteiger partial charge in [0.25, 0.3) is 0 Å². The third kappa shape index (κ3) is 5.77. The lowest BCUT2D eigenvalue weighted by Gasteiger charge is -2.16. The highest BCUT2D eigenvalue weighted by Crippen LogP contribution is 2.17. The van der Waals surface area contributed by atoms with Crippen LogP contribution < -0.4 is 5.32 Å². The van der Waals surface area contributed by atoms with Crippen molar-refractivity contribution < 1.29 is 9.84 Å². The van der Waals surface area contributed by atoms with Crippen molar-refractivity contribution in [2.45, 2.75) is 25.7 Å². The lowest BCUT2D eigenvalue weighted by molar-refractivity contribution is 0.0278. The van der Waals surface area contributed by atoms with Crippen LogP contribution in [0.15, 0.2) is 41.8 Å². The van der Waals surface area contributed by atoms with Gasteiger partial charge in [0.05, 0.1) is 19.3 Å². The Bertz CT molecular complexity index is 516. The maximum absolute atomic E-state index is 9.91. The molecule has 114 valence electrons. The average molecular weight is 326 g/mol. The normalized spacial score (nSPS) is 14.0. The summed E-state index contributed by atoms with van der Waals surface area (Å²) in [5.41, 5.74) is 1.05. The van der Waals surface area contributed by atoms with Crippen LogP contribution in [0.25, 0.3) is 0 Å². The maximum Gasteiger partial charge on any atom is 0.0898 e. The predicted molar refractivity (Wildman–Crippen MR) is 87.9 cm³/mol. The lowest BCUT2D eigenvalue weighted by atomic mass is 10.2. The van der Waals surface area contributed by atoms with Gasteiger partial charge in [0.15, 0.2) is 0 Å². The number of hydrogen-bond donors (Lipinski definition) is 2. The van der Waals surface area contributed by atoms with Crippen LogP contribution >= 0.6 is 22.9 Å². The first-order chi connectivity index (χ1) is 10.1. The third-order valence-electron chi connectivity index (χ3n) is 3.12. The predicted octanol–water partition coefficient (Wildman–Crippen LogP) is 3.63. The van der Waals surface area contributed by atoms with E-state index in [0.29, 0.717) is 24.8 Å². The molecule has 21 heavy (non-hydrogen) atoms. The summed E-state index contributed by atoms with van der Waals surface area (Å²) in [6.07, 6.45) is -0.514. The molecule has 2 rings (SSSR count). The van der Waals surface area contributed by atoms with Gasteiger partial charge in [-0.3, -0.25) is 0 Å². The Hall–Kier alpha value is -0.910. The average Bonchev–Trinajstić information content (AvgIpc) is 3.01. The van der Waals surface area contributed by atoms with Gasteiger partial charge in [-0.1, -0.05) is 29.8 Å². The number of thiophene rings is 1. The molecule has 0 amide bonds. The van der Waals surface area contributed by atoms with Crippen molar-refractivity contribution in [2.75, 3.05) is 13.2 Å². The molecule has 2 unspecified atom stereocenters. The monoisotopic (exact) mass is 325 g/mol. The quantitative estimate of drug-likeness (QED) is 0.778. The molecule has 0 aliphatic heterocycles. The fourth-order valence-electron chi connectivity index (χ4n) is 1.90. The minimum absolute atomic E-state index is 0.246. The number of aliphatic hydroxyl groups is 1. The van der Waals surface area contributed by atoms with E-state index in [9.17, 15) is 5.11 Å². The SMILES string of the molecule is CC(NCC(O)COCc1ccc(Cl)cc1)c1cccs1. The molecule has 1 aromatic heterocycles. The summed E-state index contributed by atoms with van der Waals surface area (Å²) >= 11 is 7.53. The minimum Gasteiger partial charge on any atom is -0.389 e. The molecule has 0 spiro atoms. The topological polar surface area (TPSA) is 41.5 Å². The first-order valence-electron chi connectivity index (χ1n) is 6.92. The van der Waals surface area contributed by atoms with Gasteiger partial charge in [0.1, 0.15) is 0 Å². The largest absolute Gasteiger partial charge is 0.389 e. The van der Waals surface area contributed by atoms with Crippen LogP contribution in [0.5, 0.6) is 0 Å². The Morgan fingerprint density at radius 1 is 1.29 bits per heavy atom. The number of rotatable bonds is 8. The highest BCUT2D eigenvalue weighted by molar-refractivity contribution is 7.10. The summed E-state index contributed by atoms with van der Waals surface area (Å²) in [6.45, 7) is 3.40. The zero-order valence-electron chi connectivity index (χ0n) is 12.0. The first kappa shape index (κ1) is 16.5. The molecule has 0 bridgehead atoms. The van der Waals surface area contributed by atoms with Crippen LogP contribution in [0.4, 0.5) is 0 Å². The summed E-state index contributed by atoms with van der Waals surface area (Å²) < 4.78 is 5.51. The molecule has 1 aromatic carbocycles. The second kappa shape index (κ2) is 8.51. The van der Waals surface area contributed by atoms with E-state index in [0.717, 1.165) is 5.56 Å². The van der Waals surface area contributed by atoms with Crippen LogP contribution in [0.3, 0.4) is 0 Å². The Labute approximate surface area is 134 Å². The van der Waals surface area contributed by atoms with Gasteiger partial charge in [-0.25, -0.2) is 0 Å². The Kier molecular flexibility index (Phi) is 6.67. The second-order valence-electron chi connectivity index (χ2n) is 4.94. The lowest BCUT2D eigenvalue weighted by Crippen LogP contribution is -2.31. The molecule has 2 N–H and O–H groups in total. The van der Waals surface area contributed by atoms with Crippen LogP contribution in [-0.2, 0) is 11.3 Å². The standard InChI is InChI=1S/C16H20ClNO2S/c1-12(16-3-2-8-21-16)18-9-15(19)11-20-10-13-4-6-14(17)7-5-13/h2-8,12,15,18-19H,9-11H2,1H3. The van der Waals surface area contributed by atoms with Gasteiger partial charge < -0.3 is 15.2 Å².